The van der Waals surface area contributed by atoms with Gasteiger partial charge in [0.1, 0.15) is 0 Å². The van der Waals surface area contributed by atoms with Gasteiger partial charge in [0, 0.05) is 19.1 Å². The maximum Gasteiger partial charge on any atom is 0.260 e. The van der Waals surface area contributed by atoms with Crippen molar-refractivity contribution in [1.29, 1.82) is 0 Å². The molecule has 96 valence electrons. The first-order valence-electron chi connectivity index (χ1n) is 5.82. The number of rotatable bonds is 4. The Balaban J connectivity index is 2.24. The van der Waals surface area contributed by atoms with Crippen LogP contribution in [-0.2, 0) is 10.0 Å². The number of H-pyrrole nitrogens is 1. The van der Waals surface area contributed by atoms with Gasteiger partial charge >= 0.3 is 0 Å². The van der Waals surface area contributed by atoms with Crippen molar-refractivity contribution in [3.8, 4) is 0 Å². The van der Waals surface area contributed by atoms with Gasteiger partial charge in [0.05, 0.1) is 6.20 Å². The van der Waals surface area contributed by atoms with Crippen molar-refractivity contribution in [3.63, 3.8) is 0 Å². The summed E-state index contributed by atoms with van der Waals surface area (Å²) in [6, 6.07) is 1.54. The smallest absolute Gasteiger partial charge is 0.260 e. The molecule has 1 aliphatic heterocycles. The molecular formula is C10H18N4O2S. The Hall–Kier alpha value is -0.920. The quantitative estimate of drug-likeness (QED) is 0.807. The lowest BCUT2D eigenvalue weighted by Gasteiger charge is -2.34. The molecule has 1 aliphatic rings. The lowest BCUT2D eigenvalue weighted by atomic mass is 10.1. The number of aromatic amines is 1. The van der Waals surface area contributed by atoms with Gasteiger partial charge < -0.3 is 5.32 Å². The predicted molar refractivity (Wildman–Crippen MR) is 64.0 cm³/mol. The van der Waals surface area contributed by atoms with Crippen LogP contribution in [0.25, 0.3) is 0 Å². The van der Waals surface area contributed by atoms with E-state index >= 15 is 0 Å². The Morgan fingerprint density at radius 1 is 1.59 bits per heavy atom. The molecule has 2 N–H and O–H groups in total. The molecule has 2 heterocycles. The van der Waals surface area contributed by atoms with Gasteiger partial charge in [-0.2, -0.15) is 9.40 Å². The second-order valence-electron chi connectivity index (χ2n) is 4.24. The maximum absolute atomic E-state index is 12.4. The van der Waals surface area contributed by atoms with Crippen LogP contribution < -0.4 is 5.32 Å². The van der Waals surface area contributed by atoms with E-state index in [4.69, 9.17) is 0 Å². The molecule has 0 saturated carbocycles. The topological polar surface area (TPSA) is 78.1 Å². The summed E-state index contributed by atoms with van der Waals surface area (Å²) in [6.07, 6.45) is 4.38. The zero-order chi connectivity index (χ0) is 12.3. The average molecular weight is 258 g/mol. The molecule has 2 rings (SSSR count). The van der Waals surface area contributed by atoms with Gasteiger partial charge in [-0.05, 0) is 26.0 Å². The highest BCUT2D eigenvalue weighted by Crippen LogP contribution is 2.23. The molecule has 1 atom stereocenters. The summed E-state index contributed by atoms with van der Waals surface area (Å²) in [7, 11) is -1.57. The molecule has 0 aromatic carbocycles. The SMILES string of the molecule is CNCC1CCCCN1S(=O)(=O)c1ccn[nH]1. The Labute approximate surface area is 101 Å². The van der Waals surface area contributed by atoms with E-state index < -0.39 is 10.0 Å². The van der Waals surface area contributed by atoms with Crippen LogP contribution in [0.4, 0.5) is 0 Å². The van der Waals surface area contributed by atoms with Crippen molar-refractivity contribution < 1.29 is 8.42 Å². The molecule has 6 nitrogen and oxygen atoms in total. The van der Waals surface area contributed by atoms with Crippen molar-refractivity contribution in [2.75, 3.05) is 20.1 Å². The molecule has 0 bridgehead atoms. The van der Waals surface area contributed by atoms with Gasteiger partial charge in [0.15, 0.2) is 5.03 Å². The maximum atomic E-state index is 12.4. The summed E-state index contributed by atoms with van der Waals surface area (Å²) in [6.45, 7) is 1.28. The van der Waals surface area contributed by atoms with Crippen molar-refractivity contribution in [1.82, 2.24) is 19.8 Å². The molecular weight excluding hydrogens is 240 g/mol. The number of nitrogens with zero attached hydrogens (tertiary/aromatic N) is 2. The van der Waals surface area contributed by atoms with E-state index in [2.05, 4.69) is 15.5 Å². The largest absolute Gasteiger partial charge is 0.318 e. The fraction of sp³-hybridized carbons (Fsp3) is 0.700. The third-order valence-electron chi connectivity index (χ3n) is 3.07. The summed E-state index contributed by atoms with van der Waals surface area (Å²) < 4.78 is 26.3. The summed E-state index contributed by atoms with van der Waals surface area (Å²) in [4.78, 5) is 0. The van der Waals surface area contributed by atoms with Gasteiger partial charge in [-0.3, -0.25) is 5.10 Å². The molecule has 1 fully saturated rings. The third-order valence-corrected chi connectivity index (χ3v) is 4.96. The van der Waals surface area contributed by atoms with E-state index in [1.54, 1.807) is 4.31 Å². The first kappa shape index (κ1) is 12.5. The average Bonchev–Trinajstić information content (AvgIpc) is 2.84. The number of hydrogen-bond donors (Lipinski definition) is 2. The molecule has 1 unspecified atom stereocenters. The highest BCUT2D eigenvalue weighted by atomic mass is 32.2. The van der Waals surface area contributed by atoms with Crippen LogP contribution in [0, 0.1) is 0 Å². The first-order chi connectivity index (χ1) is 8.16. The van der Waals surface area contributed by atoms with Gasteiger partial charge in [-0.1, -0.05) is 6.42 Å². The van der Waals surface area contributed by atoms with Crippen LogP contribution in [0.2, 0.25) is 0 Å². The van der Waals surface area contributed by atoms with E-state index in [9.17, 15) is 8.42 Å². The highest BCUT2D eigenvalue weighted by Gasteiger charge is 2.33. The van der Waals surface area contributed by atoms with Crippen LogP contribution in [-0.4, -0.2) is 49.1 Å². The lowest BCUT2D eigenvalue weighted by Crippen LogP contribution is -2.47. The first-order valence-corrected chi connectivity index (χ1v) is 7.26. The highest BCUT2D eigenvalue weighted by molar-refractivity contribution is 7.89. The minimum absolute atomic E-state index is 0.0436. The van der Waals surface area contributed by atoms with E-state index in [1.807, 2.05) is 7.05 Å². The summed E-state index contributed by atoms with van der Waals surface area (Å²) in [5, 5.41) is 9.48. The van der Waals surface area contributed by atoms with Crippen LogP contribution >= 0.6 is 0 Å². The standard InChI is InChI=1S/C10H18N4O2S/c1-11-8-9-4-2-3-7-14(9)17(15,16)10-5-6-12-13-10/h5-6,9,11H,2-4,7-8H2,1H3,(H,12,13). The van der Waals surface area contributed by atoms with Crippen molar-refractivity contribution >= 4 is 10.0 Å². The number of piperidine rings is 1. The predicted octanol–water partition coefficient (Wildman–Crippen LogP) is 0.172. The number of nitrogens with one attached hydrogen (secondary N) is 2. The molecule has 7 heteroatoms. The molecule has 1 saturated heterocycles. The molecule has 1 aromatic rings. The number of likely N-dealkylation sites (N-methyl/N-ethyl adjacent to an activating group) is 1. The second kappa shape index (κ2) is 5.16. The minimum atomic E-state index is -3.41. The van der Waals surface area contributed by atoms with Crippen LogP contribution in [0.3, 0.4) is 0 Å². The molecule has 0 amide bonds. The number of aromatic nitrogens is 2. The van der Waals surface area contributed by atoms with Crippen molar-refractivity contribution in [2.24, 2.45) is 0 Å². The zero-order valence-electron chi connectivity index (χ0n) is 9.89. The van der Waals surface area contributed by atoms with Gasteiger partial charge in [0.2, 0.25) is 0 Å². The minimum Gasteiger partial charge on any atom is -0.318 e. The molecule has 17 heavy (non-hydrogen) atoms. The van der Waals surface area contributed by atoms with Crippen LogP contribution in [0.15, 0.2) is 17.3 Å². The van der Waals surface area contributed by atoms with Crippen LogP contribution in [0.5, 0.6) is 0 Å². The fourth-order valence-corrected chi connectivity index (χ4v) is 3.84. The Kier molecular flexibility index (Phi) is 3.80. The molecule has 0 radical (unpaired) electrons. The van der Waals surface area contributed by atoms with E-state index in [1.165, 1.54) is 12.3 Å². The monoisotopic (exact) mass is 258 g/mol. The molecule has 0 aliphatic carbocycles. The normalized spacial score (nSPS) is 22.8. The van der Waals surface area contributed by atoms with Gasteiger partial charge in [-0.25, -0.2) is 8.42 Å². The number of hydrogen-bond acceptors (Lipinski definition) is 4. The zero-order valence-corrected chi connectivity index (χ0v) is 10.7. The summed E-state index contributed by atoms with van der Waals surface area (Å²) >= 11 is 0. The van der Waals surface area contributed by atoms with Crippen molar-refractivity contribution in [2.45, 2.75) is 30.3 Å². The van der Waals surface area contributed by atoms with Gasteiger partial charge in [-0.15, -0.1) is 0 Å². The lowest BCUT2D eigenvalue weighted by molar-refractivity contribution is 0.248. The third kappa shape index (κ3) is 2.51. The molecule has 1 aromatic heterocycles. The van der Waals surface area contributed by atoms with Crippen LogP contribution in [0.1, 0.15) is 19.3 Å². The van der Waals surface area contributed by atoms with E-state index in [-0.39, 0.29) is 11.1 Å². The Morgan fingerprint density at radius 3 is 3.06 bits per heavy atom. The van der Waals surface area contributed by atoms with Crippen molar-refractivity contribution in [3.05, 3.63) is 12.3 Å². The summed E-state index contributed by atoms with van der Waals surface area (Å²) in [5.74, 6) is 0. The van der Waals surface area contributed by atoms with Gasteiger partial charge in [0.25, 0.3) is 10.0 Å². The number of sulfonamides is 1. The fourth-order valence-electron chi connectivity index (χ4n) is 2.24. The molecule has 0 spiro atoms. The Bertz CT molecular complexity index is 441. The Morgan fingerprint density at radius 2 is 2.41 bits per heavy atom. The van der Waals surface area contributed by atoms with E-state index in [0.29, 0.717) is 13.1 Å². The summed E-state index contributed by atoms with van der Waals surface area (Å²) in [5.41, 5.74) is 0. The second-order valence-corrected chi connectivity index (χ2v) is 6.10. The van der Waals surface area contributed by atoms with E-state index in [0.717, 1.165) is 19.3 Å².